The van der Waals surface area contributed by atoms with E-state index in [1.807, 2.05) is 12.1 Å². The van der Waals surface area contributed by atoms with E-state index in [9.17, 15) is 19.1 Å². The van der Waals surface area contributed by atoms with Crippen LogP contribution in [0.15, 0.2) is 42.5 Å². The lowest BCUT2D eigenvalue weighted by molar-refractivity contribution is -0.129. The van der Waals surface area contributed by atoms with Gasteiger partial charge < -0.3 is 10.4 Å². The van der Waals surface area contributed by atoms with Crippen molar-refractivity contribution < 1.29 is 19.1 Å². The molecule has 5 heteroatoms. The van der Waals surface area contributed by atoms with E-state index in [2.05, 4.69) is 18.3 Å². The van der Waals surface area contributed by atoms with Crippen molar-refractivity contribution in [1.29, 1.82) is 0 Å². The topological polar surface area (TPSA) is 66.4 Å². The number of nitrogens with one attached hydrogen (secondary N) is 1. The molecular weight excluding hydrogens is 429 g/mol. The normalized spacial score (nSPS) is 29.8. The second kappa shape index (κ2) is 9.16. The average Bonchev–Trinajstić information content (AvgIpc) is 3.08. The van der Waals surface area contributed by atoms with Crippen LogP contribution in [-0.4, -0.2) is 23.3 Å². The molecule has 0 saturated heterocycles. The second-order valence-corrected chi connectivity index (χ2v) is 10.8. The maximum atomic E-state index is 13.1. The van der Waals surface area contributed by atoms with E-state index in [1.54, 1.807) is 0 Å². The fraction of sp³-hybridized carbons (Fsp3) is 0.517. The Kier molecular flexibility index (Phi) is 6.22. The number of amides is 1. The predicted octanol–water partition coefficient (Wildman–Crippen LogP) is 5.78. The molecule has 4 nitrogen and oxygen atoms in total. The first-order valence-corrected chi connectivity index (χ1v) is 12.8. The molecule has 2 fully saturated rings. The summed E-state index contributed by atoms with van der Waals surface area (Å²) in [6.07, 6.45) is 7.66. The van der Waals surface area contributed by atoms with Gasteiger partial charge in [-0.2, -0.15) is 0 Å². The minimum atomic E-state index is -0.348. The number of rotatable bonds is 6. The third kappa shape index (κ3) is 4.14. The summed E-state index contributed by atoms with van der Waals surface area (Å²) >= 11 is 0. The van der Waals surface area contributed by atoms with Crippen LogP contribution in [0.25, 0.3) is 0 Å². The van der Waals surface area contributed by atoms with Crippen molar-refractivity contribution in [2.24, 2.45) is 23.2 Å². The van der Waals surface area contributed by atoms with Gasteiger partial charge in [0.15, 0.2) is 0 Å². The van der Waals surface area contributed by atoms with Crippen molar-refractivity contribution in [2.45, 2.75) is 64.2 Å². The fourth-order valence-corrected chi connectivity index (χ4v) is 7.33. The van der Waals surface area contributed by atoms with Crippen molar-refractivity contribution in [3.63, 3.8) is 0 Å². The van der Waals surface area contributed by atoms with Crippen LogP contribution in [0, 0.1) is 29.0 Å². The maximum Gasteiger partial charge on any atom is 0.251 e. The van der Waals surface area contributed by atoms with Gasteiger partial charge in [-0.3, -0.25) is 9.59 Å². The summed E-state index contributed by atoms with van der Waals surface area (Å²) in [7, 11) is 0. The number of carbonyl (C=O) groups excluding carboxylic acids is 2. The van der Waals surface area contributed by atoms with Crippen LogP contribution < -0.4 is 5.32 Å². The molecule has 0 radical (unpaired) electrons. The lowest BCUT2D eigenvalue weighted by Crippen LogP contribution is -2.44. The molecule has 5 atom stereocenters. The van der Waals surface area contributed by atoms with E-state index in [-0.39, 0.29) is 17.1 Å². The highest BCUT2D eigenvalue weighted by Crippen LogP contribution is 2.62. The summed E-state index contributed by atoms with van der Waals surface area (Å²) in [4.78, 5) is 25.4. The average molecular weight is 464 g/mol. The van der Waals surface area contributed by atoms with E-state index >= 15 is 0 Å². The largest absolute Gasteiger partial charge is 0.508 e. The molecule has 3 aliphatic carbocycles. The van der Waals surface area contributed by atoms with Gasteiger partial charge in [-0.1, -0.05) is 19.4 Å². The number of Topliss-reactive ketones (excluding diaryl/α,β-unsaturated/α-hetero) is 1. The molecule has 5 rings (SSSR count). The van der Waals surface area contributed by atoms with Gasteiger partial charge in [-0.05, 0) is 110 Å². The Morgan fingerprint density at radius 3 is 2.74 bits per heavy atom. The van der Waals surface area contributed by atoms with Crippen LogP contribution in [0.5, 0.6) is 5.75 Å². The zero-order valence-corrected chi connectivity index (χ0v) is 19.9. The van der Waals surface area contributed by atoms with Crippen LogP contribution in [0.4, 0.5) is 4.39 Å². The molecule has 3 aliphatic rings. The summed E-state index contributed by atoms with van der Waals surface area (Å²) in [6, 6.07) is 11.4. The molecule has 2 saturated carbocycles. The zero-order chi connectivity index (χ0) is 23.9. The minimum absolute atomic E-state index is 0.175. The molecule has 0 aromatic heterocycles. The Morgan fingerprint density at radius 1 is 1.15 bits per heavy atom. The summed E-state index contributed by atoms with van der Waals surface area (Å²) in [5, 5.41) is 12.8. The molecule has 0 bridgehead atoms. The van der Waals surface area contributed by atoms with Crippen molar-refractivity contribution in [3.05, 3.63) is 65.0 Å². The highest BCUT2D eigenvalue weighted by atomic mass is 19.1. The Hall–Kier alpha value is -2.69. The number of phenolic OH excluding ortho intramolecular Hbond substituents is 1. The summed E-state index contributed by atoms with van der Waals surface area (Å²) in [5.41, 5.74) is 2.94. The van der Waals surface area contributed by atoms with Gasteiger partial charge >= 0.3 is 0 Å². The first-order chi connectivity index (χ1) is 16.4. The van der Waals surface area contributed by atoms with E-state index in [4.69, 9.17) is 0 Å². The smallest absolute Gasteiger partial charge is 0.251 e. The van der Waals surface area contributed by atoms with Gasteiger partial charge in [0.05, 0.1) is 0 Å². The Balaban J connectivity index is 1.20. The lowest BCUT2D eigenvalue weighted by atomic mass is 9.54. The molecule has 0 aliphatic heterocycles. The number of phenols is 1. The van der Waals surface area contributed by atoms with E-state index in [0.717, 1.165) is 44.9 Å². The molecule has 34 heavy (non-hydrogen) atoms. The second-order valence-electron chi connectivity index (χ2n) is 10.8. The van der Waals surface area contributed by atoms with Gasteiger partial charge in [-0.25, -0.2) is 4.39 Å². The molecule has 180 valence electrons. The molecule has 1 unspecified atom stereocenters. The van der Waals surface area contributed by atoms with Gasteiger partial charge in [0.25, 0.3) is 5.91 Å². The summed E-state index contributed by atoms with van der Waals surface area (Å²) in [6.45, 7) is 2.80. The molecule has 2 aromatic carbocycles. The van der Waals surface area contributed by atoms with Gasteiger partial charge in [-0.15, -0.1) is 0 Å². The van der Waals surface area contributed by atoms with Crippen LogP contribution in [-0.2, 0) is 11.2 Å². The zero-order valence-electron chi connectivity index (χ0n) is 19.9. The van der Waals surface area contributed by atoms with Gasteiger partial charge in [0.2, 0.25) is 0 Å². The number of halogens is 1. The standard InChI is InChI=1S/C29H34FNO3/c1-29-14-13-24-23-12-10-22(32)16-19(23)7-11-25(24)27(29)20(17-26(29)33)4-2-3-15-31-28(34)18-5-8-21(30)9-6-18/h5-6,8-10,12,16,20,24-25,27,32H,2-4,7,11,13-15,17H2,1H3,(H,31,34)/t20?,24-,25-,27+,29-/m1/s1. The molecule has 0 spiro atoms. The van der Waals surface area contributed by atoms with E-state index in [0.29, 0.717) is 53.7 Å². The van der Waals surface area contributed by atoms with Crippen LogP contribution in [0.3, 0.4) is 0 Å². The van der Waals surface area contributed by atoms with Crippen molar-refractivity contribution in [1.82, 2.24) is 5.32 Å². The number of benzene rings is 2. The number of aromatic hydroxyl groups is 1. The highest BCUT2D eigenvalue weighted by molar-refractivity contribution is 5.94. The van der Waals surface area contributed by atoms with Crippen LogP contribution >= 0.6 is 0 Å². The van der Waals surface area contributed by atoms with Gasteiger partial charge in [0.1, 0.15) is 17.3 Å². The molecule has 2 N–H and O–H groups in total. The summed E-state index contributed by atoms with van der Waals surface area (Å²) < 4.78 is 13.1. The Morgan fingerprint density at radius 2 is 1.94 bits per heavy atom. The minimum Gasteiger partial charge on any atom is -0.508 e. The first-order valence-electron chi connectivity index (χ1n) is 12.8. The highest BCUT2D eigenvalue weighted by Gasteiger charge is 2.58. The number of hydrogen-bond acceptors (Lipinski definition) is 3. The maximum absolute atomic E-state index is 13.1. The number of carbonyl (C=O) groups is 2. The van der Waals surface area contributed by atoms with E-state index < -0.39 is 0 Å². The number of aryl methyl sites for hydroxylation is 1. The molecule has 2 aromatic rings. The third-order valence-electron chi connectivity index (χ3n) is 8.95. The quantitative estimate of drug-likeness (QED) is 0.534. The number of hydrogen-bond donors (Lipinski definition) is 2. The monoisotopic (exact) mass is 463 g/mol. The number of fused-ring (bicyclic) bond motifs is 5. The summed E-state index contributed by atoms with van der Waals surface area (Å²) in [5.74, 6) is 2.13. The molecule has 1 amide bonds. The van der Waals surface area contributed by atoms with Crippen LogP contribution in [0.1, 0.15) is 79.3 Å². The Bertz CT molecular complexity index is 1080. The predicted molar refractivity (Wildman–Crippen MR) is 129 cm³/mol. The van der Waals surface area contributed by atoms with Crippen molar-refractivity contribution in [2.75, 3.05) is 6.54 Å². The van der Waals surface area contributed by atoms with Crippen LogP contribution in [0.2, 0.25) is 0 Å². The third-order valence-corrected chi connectivity index (χ3v) is 8.95. The van der Waals surface area contributed by atoms with E-state index in [1.165, 1.54) is 35.4 Å². The first kappa shape index (κ1) is 23.1. The lowest BCUT2D eigenvalue weighted by Gasteiger charge is -2.50. The van der Waals surface area contributed by atoms with Gasteiger partial charge in [0, 0.05) is 23.9 Å². The fourth-order valence-electron chi connectivity index (χ4n) is 7.33. The molecule has 0 heterocycles. The molecular formula is C29H34FNO3. The van der Waals surface area contributed by atoms with Crippen molar-refractivity contribution >= 4 is 11.7 Å². The number of ketones is 1. The van der Waals surface area contributed by atoms with Crippen molar-refractivity contribution in [3.8, 4) is 5.75 Å². The SMILES string of the molecule is C[C@]12CC[C@@H]3c4ccc(O)cc4CC[C@H]3[C@@H]1C(CCCCNC(=O)c1ccc(F)cc1)CC2=O. The number of unbranched alkanes of at least 4 members (excludes halogenated alkanes) is 1. The Labute approximate surface area is 201 Å².